The number of carbonyl (C=O) groups is 2. The maximum atomic E-state index is 13.0. The van der Waals surface area contributed by atoms with Crippen LogP contribution in [0.25, 0.3) is 0 Å². The smallest absolute Gasteiger partial charge is 0.321 e. The van der Waals surface area contributed by atoms with Crippen LogP contribution in [0.15, 0.2) is 28.7 Å². The normalized spacial score (nSPS) is 21.8. The van der Waals surface area contributed by atoms with Gasteiger partial charge in [-0.05, 0) is 51.3 Å². The van der Waals surface area contributed by atoms with Gasteiger partial charge >= 0.3 is 5.97 Å². The molecule has 2 atom stereocenters. The van der Waals surface area contributed by atoms with Crippen molar-refractivity contribution in [1.29, 1.82) is 0 Å². The molecule has 6 nitrogen and oxygen atoms in total. The molecule has 0 heterocycles. The first-order chi connectivity index (χ1) is 11.6. The Balaban J connectivity index is 2.54. The number of ether oxygens (including phenoxy) is 1. The average molecular weight is 412 g/mol. The van der Waals surface area contributed by atoms with E-state index in [2.05, 4.69) is 15.9 Å². The predicted molar refractivity (Wildman–Crippen MR) is 95.9 cm³/mol. The molecule has 1 aromatic carbocycles. The third kappa shape index (κ3) is 4.26. The SMILES string of the molecule is CC(C)(C)OC(=O)[C@@]1([C@@H](C[N+](=O)[O-])c2ccc(Br)cc2)CCCC1=O. The molecule has 25 heavy (non-hydrogen) atoms. The molecule has 0 radical (unpaired) electrons. The van der Waals surface area contributed by atoms with Crippen molar-refractivity contribution in [3.8, 4) is 0 Å². The van der Waals surface area contributed by atoms with Crippen LogP contribution in [0.4, 0.5) is 0 Å². The minimum Gasteiger partial charge on any atom is -0.459 e. The highest BCUT2D eigenvalue weighted by atomic mass is 79.9. The van der Waals surface area contributed by atoms with E-state index in [1.165, 1.54) is 0 Å². The summed E-state index contributed by atoms with van der Waals surface area (Å²) < 4.78 is 6.33. The third-order valence-electron chi connectivity index (χ3n) is 4.43. The summed E-state index contributed by atoms with van der Waals surface area (Å²) in [6, 6.07) is 6.95. The molecule has 0 amide bonds. The quantitative estimate of drug-likeness (QED) is 0.317. The lowest BCUT2D eigenvalue weighted by Crippen LogP contribution is -2.47. The maximum Gasteiger partial charge on any atom is 0.321 e. The standard InChI is InChI=1S/C18H22BrNO5/c1-17(2,3)25-16(22)18(10-4-5-15(18)21)14(11-20(23)24)12-6-8-13(19)9-7-12/h6-9,14H,4-5,10-11H2,1-3H3/t14-,18+/m0/s1. The number of hydrogen-bond acceptors (Lipinski definition) is 5. The van der Waals surface area contributed by atoms with Crippen molar-refractivity contribution in [2.45, 2.75) is 51.6 Å². The Hall–Kier alpha value is -1.76. The number of hydrogen-bond donors (Lipinski definition) is 0. The van der Waals surface area contributed by atoms with Crippen molar-refractivity contribution >= 4 is 27.7 Å². The van der Waals surface area contributed by atoms with Crippen molar-refractivity contribution in [2.24, 2.45) is 5.41 Å². The van der Waals surface area contributed by atoms with Crippen molar-refractivity contribution in [1.82, 2.24) is 0 Å². The molecule has 0 N–H and O–H groups in total. The summed E-state index contributed by atoms with van der Waals surface area (Å²) in [4.78, 5) is 36.6. The largest absolute Gasteiger partial charge is 0.459 e. The van der Waals surface area contributed by atoms with Crippen LogP contribution in [0, 0.1) is 15.5 Å². The van der Waals surface area contributed by atoms with Crippen LogP contribution < -0.4 is 0 Å². The second kappa shape index (κ2) is 7.23. The molecular formula is C18H22BrNO5. The molecule has 7 heteroatoms. The van der Waals surface area contributed by atoms with Gasteiger partial charge in [0.15, 0.2) is 5.78 Å². The van der Waals surface area contributed by atoms with Gasteiger partial charge in [0, 0.05) is 15.8 Å². The van der Waals surface area contributed by atoms with Gasteiger partial charge in [-0.1, -0.05) is 28.1 Å². The number of rotatable bonds is 5. The van der Waals surface area contributed by atoms with Crippen LogP contribution in [0.1, 0.15) is 51.5 Å². The summed E-state index contributed by atoms with van der Waals surface area (Å²) in [7, 11) is 0. The van der Waals surface area contributed by atoms with Gasteiger partial charge < -0.3 is 4.74 Å². The molecule has 0 aliphatic heterocycles. The van der Waals surface area contributed by atoms with Gasteiger partial charge in [-0.3, -0.25) is 19.7 Å². The van der Waals surface area contributed by atoms with E-state index in [-0.39, 0.29) is 18.6 Å². The van der Waals surface area contributed by atoms with Gasteiger partial charge in [-0.2, -0.15) is 0 Å². The first-order valence-electron chi connectivity index (χ1n) is 8.20. The Labute approximate surface area is 155 Å². The highest BCUT2D eigenvalue weighted by Gasteiger charge is 2.58. The fraction of sp³-hybridized carbons (Fsp3) is 0.556. The van der Waals surface area contributed by atoms with E-state index in [4.69, 9.17) is 4.74 Å². The molecule has 0 bridgehead atoms. The molecule has 1 aliphatic carbocycles. The first-order valence-corrected chi connectivity index (χ1v) is 8.99. The fourth-order valence-electron chi connectivity index (χ4n) is 3.38. The highest BCUT2D eigenvalue weighted by Crippen LogP contribution is 2.48. The molecule has 136 valence electrons. The molecule has 0 spiro atoms. The Kier molecular flexibility index (Phi) is 5.66. The summed E-state index contributed by atoms with van der Waals surface area (Å²) >= 11 is 3.33. The lowest BCUT2D eigenvalue weighted by molar-refractivity contribution is -0.485. The Morgan fingerprint density at radius 2 is 1.96 bits per heavy atom. The lowest BCUT2D eigenvalue weighted by atomic mass is 9.69. The lowest BCUT2D eigenvalue weighted by Gasteiger charge is -2.34. The summed E-state index contributed by atoms with van der Waals surface area (Å²) in [6.45, 7) is 4.67. The second-order valence-electron chi connectivity index (χ2n) is 7.37. The number of carbonyl (C=O) groups excluding carboxylic acids is 2. The summed E-state index contributed by atoms with van der Waals surface area (Å²) in [5, 5.41) is 11.3. The molecule has 1 saturated carbocycles. The first kappa shape index (κ1) is 19.6. The van der Waals surface area contributed by atoms with Gasteiger partial charge in [-0.15, -0.1) is 0 Å². The molecule has 0 unspecified atom stereocenters. The number of benzene rings is 1. The van der Waals surface area contributed by atoms with Gasteiger partial charge in [0.05, 0.1) is 5.92 Å². The zero-order valence-corrected chi connectivity index (χ0v) is 16.2. The van der Waals surface area contributed by atoms with E-state index in [1.807, 2.05) is 0 Å². The minimum atomic E-state index is -1.49. The monoisotopic (exact) mass is 411 g/mol. The number of nitro groups is 1. The van der Waals surface area contributed by atoms with Crippen LogP contribution in [0.5, 0.6) is 0 Å². The molecule has 1 aliphatic rings. The Morgan fingerprint density at radius 1 is 1.36 bits per heavy atom. The zero-order valence-electron chi connectivity index (χ0n) is 14.6. The fourth-order valence-corrected chi connectivity index (χ4v) is 3.64. The number of nitrogens with zero attached hydrogens (tertiary/aromatic N) is 1. The van der Waals surface area contributed by atoms with E-state index in [0.29, 0.717) is 12.0 Å². The highest BCUT2D eigenvalue weighted by molar-refractivity contribution is 9.10. The predicted octanol–water partition coefficient (Wildman–Crippen LogP) is 3.89. The van der Waals surface area contributed by atoms with Crippen molar-refractivity contribution < 1.29 is 19.2 Å². The van der Waals surface area contributed by atoms with Gasteiger partial charge in [0.1, 0.15) is 11.0 Å². The van der Waals surface area contributed by atoms with Crippen molar-refractivity contribution in [2.75, 3.05) is 6.54 Å². The third-order valence-corrected chi connectivity index (χ3v) is 4.96. The van der Waals surface area contributed by atoms with Gasteiger partial charge in [0.25, 0.3) is 0 Å². The molecule has 0 aromatic heterocycles. The number of Topliss-reactive ketones (excluding diaryl/α,β-unsaturated/α-hetero) is 1. The van der Waals surface area contributed by atoms with E-state index in [1.54, 1.807) is 45.0 Å². The van der Waals surface area contributed by atoms with Crippen LogP contribution in [-0.4, -0.2) is 28.8 Å². The van der Waals surface area contributed by atoms with E-state index < -0.39 is 34.4 Å². The van der Waals surface area contributed by atoms with Crippen LogP contribution >= 0.6 is 15.9 Å². The summed E-state index contributed by atoms with van der Waals surface area (Å²) in [6.07, 6.45) is 1.04. The summed E-state index contributed by atoms with van der Waals surface area (Å²) in [5.41, 5.74) is -1.67. The molecule has 1 fully saturated rings. The number of ketones is 1. The second-order valence-corrected chi connectivity index (χ2v) is 8.29. The van der Waals surface area contributed by atoms with E-state index in [9.17, 15) is 19.7 Å². The molecule has 2 rings (SSSR count). The number of halogens is 1. The Morgan fingerprint density at radius 3 is 2.40 bits per heavy atom. The molecule has 0 saturated heterocycles. The van der Waals surface area contributed by atoms with Crippen LogP contribution in [0.2, 0.25) is 0 Å². The van der Waals surface area contributed by atoms with E-state index in [0.717, 1.165) is 4.47 Å². The topological polar surface area (TPSA) is 86.5 Å². The van der Waals surface area contributed by atoms with Crippen molar-refractivity contribution in [3.63, 3.8) is 0 Å². The van der Waals surface area contributed by atoms with Crippen molar-refractivity contribution in [3.05, 3.63) is 44.4 Å². The van der Waals surface area contributed by atoms with Crippen LogP contribution in [0.3, 0.4) is 0 Å². The molecular weight excluding hydrogens is 390 g/mol. The van der Waals surface area contributed by atoms with E-state index >= 15 is 0 Å². The van der Waals surface area contributed by atoms with Gasteiger partial charge in [0.2, 0.25) is 6.54 Å². The van der Waals surface area contributed by atoms with Gasteiger partial charge in [-0.25, -0.2) is 0 Å². The van der Waals surface area contributed by atoms with Crippen LogP contribution in [-0.2, 0) is 14.3 Å². The maximum absolute atomic E-state index is 13.0. The summed E-state index contributed by atoms with van der Waals surface area (Å²) in [5.74, 6) is -1.77. The Bertz CT molecular complexity index is 680. The molecule has 1 aromatic rings. The zero-order chi connectivity index (χ0) is 18.8. The number of esters is 1. The minimum absolute atomic E-state index is 0.240. The average Bonchev–Trinajstić information content (AvgIpc) is 2.86.